The predicted octanol–water partition coefficient (Wildman–Crippen LogP) is 3.97. The molecule has 0 unspecified atom stereocenters. The molecule has 7 heteroatoms. The average Bonchev–Trinajstić information content (AvgIpc) is 3.25. The minimum atomic E-state index is -0.659. The average molecular weight is 442 g/mol. The standard InChI is InChI=1S/C26H27N5O2/c1-15-12-18(14-29(5)24(15)32)21-27-20-13-19-22(30(6)25(33)26(19,3)4)28-23(20)31(21)16(2)17-10-8-7-9-11-17/h7-14,16H,1-6H3/t16-/m0/s1. The van der Waals surface area contributed by atoms with E-state index in [9.17, 15) is 9.59 Å². The first-order valence-electron chi connectivity index (χ1n) is 11.1. The molecule has 4 heterocycles. The largest absolute Gasteiger partial charge is 0.318 e. The van der Waals surface area contributed by atoms with Crippen molar-refractivity contribution in [3.63, 3.8) is 0 Å². The SMILES string of the molecule is Cc1cc(-c2nc3cc4c(nc3n2[C@@H](C)c2ccccc2)N(C)C(=O)C4(C)C)cn(C)c1=O. The Morgan fingerprint density at radius 2 is 1.70 bits per heavy atom. The minimum absolute atomic E-state index is 0.0224. The zero-order valence-corrected chi connectivity index (χ0v) is 19.7. The van der Waals surface area contributed by atoms with Crippen LogP contribution in [0.15, 0.2) is 53.5 Å². The number of amides is 1. The third-order valence-corrected chi connectivity index (χ3v) is 6.77. The van der Waals surface area contributed by atoms with Crippen LogP contribution in [-0.2, 0) is 17.3 Å². The molecule has 0 fully saturated rings. The quantitative estimate of drug-likeness (QED) is 0.482. The molecular weight excluding hydrogens is 414 g/mol. The number of benzene rings is 1. The summed E-state index contributed by atoms with van der Waals surface area (Å²) in [5.41, 5.74) is 4.25. The summed E-state index contributed by atoms with van der Waals surface area (Å²) in [6, 6.07) is 14.0. The molecule has 1 aliphatic rings. The molecule has 33 heavy (non-hydrogen) atoms. The van der Waals surface area contributed by atoms with E-state index >= 15 is 0 Å². The Hall–Kier alpha value is -3.74. The molecule has 7 nitrogen and oxygen atoms in total. The van der Waals surface area contributed by atoms with Gasteiger partial charge in [0.25, 0.3) is 5.56 Å². The Balaban J connectivity index is 1.84. The molecule has 5 rings (SSSR count). The topological polar surface area (TPSA) is 73.0 Å². The molecule has 1 atom stereocenters. The van der Waals surface area contributed by atoms with Crippen molar-refractivity contribution in [2.45, 2.75) is 39.2 Å². The van der Waals surface area contributed by atoms with Crippen LogP contribution in [0.3, 0.4) is 0 Å². The highest BCUT2D eigenvalue weighted by molar-refractivity contribution is 6.07. The molecular formula is C26H27N5O2. The summed E-state index contributed by atoms with van der Waals surface area (Å²) < 4.78 is 3.69. The van der Waals surface area contributed by atoms with E-state index in [1.807, 2.05) is 57.3 Å². The van der Waals surface area contributed by atoms with Gasteiger partial charge in [-0.3, -0.25) is 14.5 Å². The van der Waals surface area contributed by atoms with Crippen molar-refractivity contribution in [1.29, 1.82) is 0 Å². The summed E-state index contributed by atoms with van der Waals surface area (Å²) in [5.74, 6) is 1.43. The lowest BCUT2D eigenvalue weighted by Gasteiger charge is -2.19. The molecule has 0 spiro atoms. The normalized spacial score (nSPS) is 15.8. The van der Waals surface area contributed by atoms with Crippen molar-refractivity contribution in [3.8, 4) is 11.4 Å². The molecule has 3 aromatic heterocycles. The van der Waals surface area contributed by atoms with Crippen molar-refractivity contribution >= 4 is 22.9 Å². The maximum Gasteiger partial charge on any atom is 0.253 e. The molecule has 0 N–H and O–H groups in total. The van der Waals surface area contributed by atoms with Gasteiger partial charge in [0.05, 0.1) is 11.5 Å². The predicted molar refractivity (Wildman–Crippen MR) is 130 cm³/mol. The molecule has 0 aliphatic carbocycles. The Labute approximate surface area is 192 Å². The van der Waals surface area contributed by atoms with Crippen LogP contribution in [0.4, 0.5) is 5.82 Å². The van der Waals surface area contributed by atoms with E-state index < -0.39 is 5.41 Å². The van der Waals surface area contributed by atoms with Crippen molar-refractivity contribution in [3.05, 3.63) is 75.7 Å². The van der Waals surface area contributed by atoms with Gasteiger partial charge in [-0.2, -0.15) is 0 Å². The van der Waals surface area contributed by atoms with Gasteiger partial charge in [0.15, 0.2) is 5.65 Å². The molecule has 4 aromatic rings. The Bertz CT molecular complexity index is 1450. The molecule has 168 valence electrons. The van der Waals surface area contributed by atoms with Gasteiger partial charge in [-0.25, -0.2) is 9.97 Å². The van der Waals surface area contributed by atoms with Crippen LogP contribution in [0.2, 0.25) is 0 Å². The van der Waals surface area contributed by atoms with Crippen molar-refractivity contribution in [2.75, 3.05) is 11.9 Å². The van der Waals surface area contributed by atoms with Gasteiger partial charge in [0.2, 0.25) is 5.91 Å². The monoisotopic (exact) mass is 441 g/mol. The van der Waals surface area contributed by atoms with E-state index in [0.717, 1.165) is 28.0 Å². The van der Waals surface area contributed by atoms with Crippen LogP contribution in [-0.4, -0.2) is 32.1 Å². The van der Waals surface area contributed by atoms with E-state index in [1.165, 1.54) is 0 Å². The number of fused-ring (bicyclic) bond motifs is 2. The summed E-state index contributed by atoms with van der Waals surface area (Å²) in [7, 11) is 3.52. The van der Waals surface area contributed by atoms with Crippen molar-refractivity contribution in [2.24, 2.45) is 7.05 Å². The van der Waals surface area contributed by atoms with Gasteiger partial charge in [0.1, 0.15) is 17.2 Å². The molecule has 0 saturated carbocycles. The van der Waals surface area contributed by atoms with E-state index in [1.54, 1.807) is 23.6 Å². The van der Waals surface area contributed by atoms with Crippen LogP contribution in [0, 0.1) is 6.92 Å². The second-order valence-corrected chi connectivity index (χ2v) is 9.41. The molecule has 0 bridgehead atoms. The van der Waals surface area contributed by atoms with Crippen molar-refractivity contribution < 1.29 is 4.79 Å². The first kappa shape index (κ1) is 21.1. The third kappa shape index (κ3) is 3.03. The zero-order chi connectivity index (χ0) is 23.7. The number of carbonyl (C=O) groups is 1. The number of imidazole rings is 1. The van der Waals surface area contributed by atoms with Crippen LogP contribution >= 0.6 is 0 Å². The second-order valence-electron chi connectivity index (χ2n) is 9.41. The second kappa shape index (κ2) is 7.13. The van der Waals surface area contributed by atoms with Crippen LogP contribution in [0.1, 0.15) is 43.5 Å². The number of hydrogen-bond acceptors (Lipinski definition) is 4. The molecule has 0 radical (unpaired) electrons. The lowest BCUT2D eigenvalue weighted by Crippen LogP contribution is -2.33. The highest BCUT2D eigenvalue weighted by atomic mass is 16.2. The molecule has 1 amide bonds. The van der Waals surface area contributed by atoms with Gasteiger partial charge < -0.3 is 9.13 Å². The van der Waals surface area contributed by atoms with E-state index in [4.69, 9.17) is 9.97 Å². The number of aromatic nitrogens is 4. The smallest absolute Gasteiger partial charge is 0.253 e. The van der Waals surface area contributed by atoms with Crippen LogP contribution < -0.4 is 10.5 Å². The molecule has 0 saturated heterocycles. The van der Waals surface area contributed by atoms with E-state index in [-0.39, 0.29) is 17.5 Å². The minimum Gasteiger partial charge on any atom is -0.318 e. The maximum absolute atomic E-state index is 12.8. The first-order chi connectivity index (χ1) is 15.6. The number of pyridine rings is 2. The number of carbonyl (C=O) groups excluding carboxylic acids is 1. The van der Waals surface area contributed by atoms with E-state index in [0.29, 0.717) is 17.0 Å². The summed E-state index contributed by atoms with van der Waals surface area (Å²) >= 11 is 0. The molecule has 1 aromatic carbocycles. The summed E-state index contributed by atoms with van der Waals surface area (Å²) in [5, 5.41) is 0. The number of nitrogens with zero attached hydrogens (tertiary/aromatic N) is 5. The lowest BCUT2D eigenvalue weighted by atomic mass is 9.87. The van der Waals surface area contributed by atoms with Crippen molar-refractivity contribution in [1.82, 2.24) is 19.1 Å². The van der Waals surface area contributed by atoms with Crippen LogP contribution in [0.5, 0.6) is 0 Å². The summed E-state index contributed by atoms with van der Waals surface area (Å²) in [6.45, 7) is 7.77. The first-order valence-corrected chi connectivity index (χ1v) is 11.1. The maximum atomic E-state index is 12.8. The number of rotatable bonds is 3. The fraction of sp³-hybridized carbons (Fsp3) is 0.308. The third-order valence-electron chi connectivity index (χ3n) is 6.77. The summed E-state index contributed by atoms with van der Waals surface area (Å²) in [4.78, 5) is 36.8. The molecule has 1 aliphatic heterocycles. The van der Waals surface area contributed by atoms with Crippen LogP contribution in [0.25, 0.3) is 22.6 Å². The van der Waals surface area contributed by atoms with Gasteiger partial charge in [-0.05, 0) is 45.4 Å². The Kier molecular flexibility index (Phi) is 4.57. The van der Waals surface area contributed by atoms with Gasteiger partial charge in [0, 0.05) is 37.0 Å². The van der Waals surface area contributed by atoms with Gasteiger partial charge in [-0.15, -0.1) is 0 Å². The van der Waals surface area contributed by atoms with Gasteiger partial charge >= 0.3 is 0 Å². The van der Waals surface area contributed by atoms with E-state index in [2.05, 4.69) is 23.6 Å². The number of anilines is 1. The number of likely N-dealkylation sites (N-methyl/N-ethyl adjacent to an activating group) is 1. The summed E-state index contributed by atoms with van der Waals surface area (Å²) in [6.07, 6.45) is 1.82. The zero-order valence-electron chi connectivity index (χ0n) is 19.7. The lowest BCUT2D eigenvalue weighted by molar-refractivity contribution is -0.121. The van der Waals surface area contributed by atoms with Gasteiger partial charge in [-0.1, -0.05) is 30.3 Å². The fourth-order valence-electron chi connectivity index (χ4n) is 4.81. The number of aryl methyl sites for hydroxylation is 2. The Morgan fingerprint density at radius 1 is 1.00 bits per heavy atom. The Morgan fingerprint density at radius 3 is 2.36 bits per heavy atom. The number of hydrogen-bond donors (Lipinski definition) is 0. The highest BCUT2D eigenvalue weighted by Gasteiger charge is 2.44. The fourth-order valence-corrected chi connectivity index (χ4v) is 4.81. The highest BCUT2D eigenvalue weighted by Crippen LogP contribution is 2.42.